The summed E-state index contributed by atoms with van der Waals surface area (Å²) >= 11 is 0. The molecule has 24 heavy (non-hydrogen) atoms. The fourth-order valence-electron chi connectivity index (χ4n) is 2.77. The van der Waals surface area contributed by atoms with Crippen molar-refractivity contribution in [1.29, 1.82) is 0 Å². The van der Waals surface area contributed by atoms with E-state index in [2.05, 4.69) is 5.32 Å². The lowest BCUT2D eigenvalue weighted by Crippen LogP contribution is -2.50. The fourth-order valence-corrected chi connectivity index (χ4v) is 2.77. The molecule has 1 aromatic carbocycles. The summed E-state index contributed by atoms with van der Waals surface area (Å²) in [5.41, 5.74) is 0.620. The van der Waals surface area contributed by atoms with Crippen LogP contribution in [0.25, 0.3) is 0 Å². The molecule has 2 unspecified atom stereocenters. The third-order valence-corrected chi connectivity index (χ3v) is 3.87. The Hall–Kier alpha value is -2.76. The minimum Gasteiger partial charge on any atom is -0.479 e. The summed E-state index contributed by atoms with van der Waals surface area (Å²) in [7, 11) is 0. The van der Waals surface area contributed by atoms with E-state index in [1.54, 1.807) is 25.3 Å². The monoisotopic (exact) mass is 328 g/mol. The molecule has 1 aromatic heterocycles. The lowest BCUT2D eigenvalue weighted by molar-refractivity contribution is -0.128. The molecule has 2 aromatic rings. The first-order chi connectivity index (χ1) is 11.5. The number of fused-ring (bicyclic) bond motifs is 1. The van der Waals surface area contributed by atoms with Crippen LogP contribution >= 0.6 is 0 Å². The molecule has 1 N–H and O–H groups in total. The highest BCUT2D eigenvalue weighted by atomic mass is 16.5. The number of carbonyl (C=O) groups is 2. The maximum Gasteiger partial charge on any atom is 0.268 e. The number of nitrogens with zero attached hydrogens (tertiary/aromatic N) is 1. The highest BCUT2D eigenvalue weighted by molar-refractivity contribution is 6.03. The van der Waals surface area contributed by atoms with E-state index in [9.17, 15) is 9.59 Å². The van der Waals surface area contributed by atoms with Crippen molar-refractivity contribution in [2.24, 2.45) is 0 Å². The second-order valence-electron chi connectivity index (χ2n) is 5.90. The maximum atomic E-state index is 12.4. The summed E-state index contributed by atoms with van der Waals surface area (Å²) in [6.07, 6.45) is 1.60. The molecule has 0 fully saturated rings. The lowest BCUT2D eigenvalue weighted by Gasteiger charge is -2.32. The summed E-state index contributed by atoms with van der Waals surface area (Å²) in [5.74, 6) is 0.985. The summed E-state index contributed by atoms with van der Waals surface area (Å²) in [4.78, 5) is 26.2. The molecular formula is C18H20N2O4. The molecule has 2 heterocycles. The van der Waals surface area contributed by atoms with Crippen LogP contribution in [0.1, 0.15) is 19.6 Å². The SMILES string of the molecule is CC(Cc1ccco1)NC(=O)CN1C(=O)C(C)Oc2ccccc21. The first-order valence-corrected chi connectivity index (χ1v) is 7.93. The molecule has 2 atom stereocenters. The normalized spacial score (nSPS) is 17.8. The minimum absolute atomic E-state index is 0.0357. The second-order valence-corrected chi connectivity index (χ2v) is 5.90. The summed E-state index contributed by atoms with van der Waals surface area (Å²) in [5, 5.41) is 2.90. The van der Waals surface area contributed by atoms with Gasteiger partial charge in [0, 0.05) is 12.5 Å². The Morgan fingerprint density at radius 2 is 2.08 bits per heavy atom. The molecular weight excluding hydrogens is 308 g/mol. The zero-order valence-electron chi connectivity index (χ0n) is 13.7. The van der Waals surface area contributed by atoms with Crippen molar-refractivity contribution < 1.29 is 18.7 Å². The molecule has 0 bridgehead atoms. The van der Waals surface area contributed by atoms with E-state index in [0.29, 0.717) is 17.9 Å². The Labute approximate surface area is 140 Å². The largest absolute Gasteiger partial charge is 0.479 e. The van der Waals surface area contributed by atoms with Crippen molar-refractivity contribution in [3.63, 3.8) is 0 Å². The van der Waals surface area contributed by atoms with E-state index in [-0.39, 0.29) is 24.4 Å². The smallest absolute Gasteiger partial charge is 0.268 e. The molecule has 0 saturated heterocycles. The summed E-state index contributed by atoms with van der Waals surface area (Å²) < 4.78 is 10.9. The van der Waals surface area contributed by atoms with Gasteiger partial charge in [-0.25, -0.2) is 0 Å². The Kier molecular flexibility index (Phi) is 4.55. The molecule has 3 rings (SSSR count). The van der Waals surface area contributed by atoms with Crippen LogP contribution in [0.3, 0.4) is 0 Å². The van der Waals surface area contributed by atoms with Crippen LogP contribution in [0.2, 0.25) is 0 Å². The maximum absolute atomic E-state index is 12.4. The van der Waals surface area contributed by atoms with Crippen LogP contribution in [0.5, 0.6) is 5.75 Å². The Morgan fingerprint density at radius 3 is 2.83 bits per heavy atom. The van der Waals surface area contributed by atoms with Gasteiger partial charge in [-0.15, -0.1) is 0 Å². The average molecular weight is 328 g/mol. The summed E-state index contributed by atoms with van der Waals surface area (Å²) in [6, 6.07) is 10.8. The standard InChI is InChI=1S/C18H20N2O4/c1-12(10-14-6-5-9-23-14)19-17(21)11-20-15-7-3-4-8-16(15)24-13(2)18(20)22/h3-9,12-13H,10-11H2,1-2H3,(H,19,21). The van der Waals surface area contributed by atoms with Gasteiger partial charge in [0.05, 0.1) is 12.0 Å². The molecule has 0 aliphatic carbocycles. The molecule has 1 aliphatic rings. The predicted octanol–water partition coefficient (Wildman–Crippen LogP) is 2.14. The van der Waals surface area contributed by atoms with E-state index in [1.807, 2.05) is 31.2 Å². The Balaban J connectivity index is 1.66. The van der Waals surface area contributed by atoms with Crippen LogP contribution < -0.4 is 15.0 Å². The van der Waals surface area contributed by atoms with E-state index >= 15 is 0 Å². The van der Waals surface area contributed by atoms with Crippen LogP contribution in [0.15, 0.2) is 47.1 Å². The number of hydrogen-bond acceptors (Lipinski definition) is 4. The number of anilines is 1. The highest BCUT2D eigenvalue weighted by Crippen LogP contribution is 2.33. The predicted molar refractivity (Wildman–Crippen MR) is 88.9 cm³/mol. The molecule has 1 aliphatic heterocycles. The van der Waals surface area contributed by atoms with Gasteiger partial charge in [0.2, 0.25) is 5.91 Å². The number of ether oxygens (including phenoxy) is 1. The zero-order chi connectivity index (χ0) is 17.1. The van der Waals surface area contributed by atoms with Gasteiger partial charge in [-0.3, -0.25) is 14.5 Å². The van der Waals surface area contributed by atoms with Crippen molar-refractivity contribution in [2.75, 3.05) is 11.4 Å². The quantitative estimate of drug-likeness (QED) is 0.913. The van der Waals surface area contributed by atoms with E-state index in [1.165, 1.54) is 4.90 Å². The number of para-hydroxylation sites is 2. The van der Waals surface area contributed by atoms with Crippen molar-refractivity contribution in [3.05, 3.63) is 48.4 Å². The Bertz CT molecular complexity index is 726. The van der Waals surface area contributed by atoms with Crippen LogP contribution in [-0.4, -0.2) is 30.5 Å². The number of hydrogen-bond donors (Lipinski definition) is 1. The number of benzene rings is 1. The number of amides is 2. The van der Waals surface area contributed by atoms with Gasteiger partial charge >= 0.3 is 0 Å². The first-order valence-electron chi connectivity index (χ1n) is 7.93. The number of furan rings is 1. The van der Waals surface area contributed by atoms with Gasteiger partial charge in [0.15, 0.2) is 6.10 Å². The highest BCUT2D eigenvalue weighted by Gasteiger charge is 2.32. The van der Waals surface area contributed by atoms with E-state index in [0.717, 1.165) is 5.76 Å². The van der Waals surface area contributed by atoms with Gasteiger partial charge in [-0.1, -0.05) is 12.1 Å². The van der Waals surface area contributed by atoms with Gasteiger partial charge in [-0.05, 0) is 38.1 Å². The van der Waals surface area contributed by atoms with Gasteiger partial charge in [-0.2, -0.15) is 0 Å². The number of carbonyl (C=O) groups excluding carboxylic acids is 2. The van der Waals surface area contributed by atoms with Crippen molar-refractivity contribution >= 4 is 17.5 Å². The van der Waals surface area contributed by atoms with E-state index < -0.39 is 6.10 Å². The molecule has 6 heteroatoms. The topological polar surface area (TPSA) is 71.8 Å². The van der Waals surface area contributed by atoms with Gasteiger partial charge in [0.25, 0.3) is 5.91 Å². The molecule has 0 saturated carbocycles. The van der Waals surface area contributed by atoms with Gasteiger partial charge in [0.1, 0.15) is 18.1 Å². The first kappa shape index (κ1) is 16.1. The lowest BCUT2D eigenvalue weighted by atomic mass is 10.1. The molecule has 0 spiro atoms. The molecule has 2 amide bonds. The zero-order valence-corrected chi connectivity index (χ0v) is 13.7. The van der Waals surface area contributed by atoms with E-state index in [4.69, 9.17) is 9.15 Å². The van der Waals surface area contributed by atoms with Crippen LogP contribution in [-0.2, 0) is 16.0 Å². The van der Waals surface area contributed by atoms with Gasteiger partial charge < -0.3 is 14.5 Å². The van der Waals surface area contributed by atoms with Crippen molar-refractivity contribution in [2.45, 2.75) is 32.4 Å². The number of rotatable bonds is 5. The minimum atomic E-state index is -0.603. The van der Waals surface area contributed by atoms with Crippen LogP contribution in [0, 0.1) is 0 Å². The molecule has 6 nitrogen and oxygen atoms in total. The summed E-state index contributed by atoms with van der Waals surface area (Å²) in [6.45, 7) is 3.55. The second kappa shape index (κ2) is 6.78. The number of nitrogens with one attached hydrogen (secondary N) is 1. The van der Waals surface area contributed by atoms with Crippen molar-refractivity contribution in [3.8, 4) is 5.75 Å². The fraction of sp³-hybridized carbons (Fsp3) is 0.333. The molecule has 0 radical (unpaired) electrons. The third kappa shape index (κ3) is 3.42. The van der Waals surface area contributed by atoms with Crippen LogP contribution in [0.4, 0.5) is 5.69 Å². The van der Waals surface area contributed by atoms with Crippen molar-refractivity contribution in [1.82, 2.24) is 5.32 Å². The third-order valence-electron chi connectivity index (χ3n) is 3.87. The average Bonchev–Trinajstić information content (AvgIpc) is 3.04. The Morgan fingerprint density at radius 1 is 1.29 bits per heavy atom. The molecule has 126 valence electrons.